The topological polar surface area (TPSA) is 75.1 Å². The lowest BCUT2D eigenvalue weighted by Gasteiger charge is -2.26. The lowest BCUT2D eigenvalue weighted by Crippen LogP contribution is -2.38. The molecule has 0 aromatic carbocycles. The maximum absolute atomic E-state index is 11.6. The first-order chi connectivity index (χ1) is 7.76. The molecule has 1 aliphatic carbocycles. The number of amides is 1. The highest BCUT2D eigenvalue weighted by atomic mass is 32.1. The Kier molecular flexibility index (Phi) is 3.50. The average Bonchev–Trinajstić information content (AvgIpc) is 2.98. The lowest BCUT2D eigenvalue weighted by atomic mass is 9.87. The predicted octanol–water partition coefficient (Wildman–Crippen LogP) is 0.821. The van der Waals surface area contributed by atoms with Crippen molar-refractivity contribution >= 4 is 17.4 Å². The highest BCUT2D eigenvalue weighted by Crippen LogP contribution is 2.36. The molecule has 1 aromatic rings. The van der Waals surface area contributed by atoms with Gasteiger partial charge in [-0.15, -0.1) is 5.10 Å². The average molecular weight is 241 g/mol. The fourth-order valence-corrected chi connectivity index (χ4v) is 2.57. The SMILES string of the molecule is O=C(NCC1(CO)CCCC1)c1csnn1. The Hall–Kier alpha value is -1.01. The molecular formula is C10H15N3O2S. The summed E-state index contributed by atoms with van der Waals surface area (Å²) in [6, 6.07) is 0. The zero-order chi connectivity index (χ0) is 11.4. The van der Waals surface area contributed by atoms with Crippen molar-refractivity contribution in [2.45, 2.75) is 25.7 Å². The number of carbonyl (C=O) groups is 1. The first-order valence-corrected chi connectivity index (χ1v) is 6.26. The molecule has 0 bridgehead atoms. The fraction of sp³-hybridized carbons (Fsp3) is 0.700. The number of nitrogens with one attached hydrogen (secondary N) is 1. The van der Waals surface area contributed by atoms with Crippen molar-refractivity contribution in [1.82, 2.24) is 14.9 Å². The Morgan fingerprint density at radius 2 is 2.31 bits per heavy atom. The Morgan fingerprint density at radius 1 is 1.56 bits per heavy atom. The summed E-state index contributed by atoms with van der Waals surface area (Å²) in [5.74, 6) is -0.200. The van der Waals surface area contributed by atoms with E-state index in [2.05, 4.69) is 14.9 Å². The summed E-state index contributed by atoms with van der Waals surface area (Å²) in [6.07, 6.45) is 4.24. The van der Waals surface area contributed by atoms with Gasteiger partial charge in [-0.05, 0) is 24.4 Å². The van der Waals surface area contributed by atoms with Crippen LogP contribution in [0.15, 0.2) is 5.38 Å². The van der Waals surface area contributed by atoms with E-state index in [4.69, 9.17) is 0 Å². The monoisotopic (exact) mass is 241 g/mol. The summed E-state index contributed by atoms with van der Waals surface area (Å²) in [4.78, 5) is 11.6. The van der Waals surface area contributed by atoms with Gasteiger partial charge in [0.05, 0.1) is 6.61 Å². The lowest BCUT2D eigenvalue weighted by molar-refractivity contribution is 0.0876. The number of carbonyl (C=O) groups excluding carboxylic acids is 1. The molecule has 1 aliphatic rings. The third-order valence-corrected chi connectivity index (χ3v) is 3.72. The van der Waals surface area contributed by atoms with E-state index < -0.39 is 0 Å². The van der Waals surface area contributed by atoms with Gasteiger partial charge in [-0.25, -0.2) is 0 Å². The molecule has 2 N–H and O–H groups in total. The fourth-order valence-electron chi connectivity index (χ4n) is 2.14. The van der Waals surface area contributed by atoms with Gasteiger partial charge in [0.2, 0.25) is 0 Å². The molecule has 1 amide bonds. The third-order valence-electron chi connectivity index (χ3n) is 3.22. The Morgan fingerprint density at radius 3 is 2.88 bits per heavy atom. The summed E-state index contributed by atoms with van der Waals surface area (Å²) in [7, 11) is 0. The molecule has 16 heavy (non-hydrogen) atoms. The molecule has 0 unspecified atom stereocenters. The molecule has 2 rings (SSSR count). The van der Waals surface area contributed by atoms with Crippen LogP contribution in [-0.4, -0.2) is 33.8 Å². The van der Waals surface area contributed by atoms with Crippen molar-refractivity contribution in [2.75, 3.05) is 13.2 Å². The first kappa shape index (κ1) is 11.5. The van der Waals surface area contributed by atoms with Gasteiger partial charge in [0.25, 0.3) is 5.91 Å². The normalized spacial score (nSPS) is 18.6. The zero-order valence-electron chi connectivity index (χ0n) is 8.98. The van der Waals surface area contributed by atoms with Gasteiger partial charge in [0, 0.05) is 17.3 Å². The van der Waals surface area contributed by atoms with Crippen LogP contribution in [0.3, 0.4) is 0 Å². The van der Waals surface area contributed by atoms with E-state index in [9.17, 15) is 9.90 Å². The molecule has 0 saturated heterocycles. The van der Waals surface area contributed by atoms with E-state index in [1.54, 1.807) is 5.38 Å². The van der Waals surface area contributed by atoms with E-state index in [0.29, 0.717) is 12.2 Å². The van der Waals surface area contributed by atoms with Gasteiger partial charge in [-0.2, -0.15) is 0 Å². The van der Waals surface area contributed by atoms with Crippen LogP contribution >= 0.6 is 11.5 Å². The molecule has 0 aliphatic heterocycles. The number of hydrogen-bond donors (Lipinski definition) is 2. The maximum atomic E-state index is 11.6. The van der Waals surface area contributed by atoms with Gasteiger partial charge >= 0.3 is 0 Å². The van der Waals surface area contributed by atoms with Crippen molar-refractivity contribution in [3.05, 3.63) is 11.1 Å². The minimum atomic E-state index is -0.200. The van der Waals surface area contributed by atoms with Crippen LogP contribution in [-0.2, 0) is 0 Å². The summed E-state index contributed by atoms with van der Waals surface area (Å²) < 4.78 is 3.64. The highest BCUT2D eigenvalue weighted by Gasteiger charge is 2.33. The van der Waals surface area contributed by atoms with Crippen molar-refractivity contribution in [2.24, 2.45) is 5.41 Å². The Labute approximate surface area is 98.0 Å². The molecule has 6 heteroatoms. The third kappa shape index (κ3) is 2.38. The summed E-state index contributed by atoms with van der Waals surface area (Å²) in [5.41, 5.74) is 0.245. The quantitative estimate of drug-likeness (QED) is 0.818. The first-order valence-electron chi connectivity index (χ1n) is 5.42. The second-order valence-corrected chi connectivity index (χ2v) is 4.95. The van der Waals surface area contributed by atoms with Gasteiger partial charge in [-0.1, -0.05) is 17.3 Å². The van der Waals surface area contributed by atoms with Crippen LogP contribution in [0.2, 0.25) is 0 Å². The molecule has 0 spiro atoms. The molecular weight excluding hydrogens is 226 g/mol. The van der Waals surface area contributed by atoms with Crippen molar-refractivity contribution in [1.29, 1.82) is 0 Å². The van der Waals surface area contributed by atoms with Crippen LogP contribution in [0.25, 0.3) is 0 Å². The van der Waals surface area contributed by atoms with E-state index in [1.165, 1.54) is 0 Å². The summed E-state index contributed by atoms with van der Waals surface area (Å²) in [5, 5.41) is 17.5. The molecule has 88 valence electrons. The van der Waals surface area contributed by atoms with Crippen molar-refractivity contribution < 1.29 is 9.90 Å². The highest BCUT2D eigenvalue weighted by molar-refractivity contribution is 7.03. The van der Waals surface area contributed by atoms with Gasteiger partial charge in [0.1, 0.15) is 0 Å². The van der Waals surface area contributed by atoms with Crippen LogP contribution < -0.4 is 5.32 Å². The van der Waals surface area contributed by atoms with E-state index >= 15 is 0 Å². The van der Waals surface area contributed by atoms with Crippen LogP contribution in [0, 0.1) is 5.41 Å². The smallest absolute Gasteiger partial charge is 0.272 e. The van der Waals surface area contributed by atoms with Gasteiger partial charge in [-0.3, -0.25) is 4.79 Å². The predicted molar refractivity (Wildman–Crippen MR) is 60.2 cm³/mol. The molecule has 0 atom stereocenters. The summed E-state index contributed by atoms with van der Waals surface area (Å²) in [6.45, 7) is 0.669. The van der Waals surface area contributed by atoms with E-state index in [1.807, 2.05) is 0 Å². The van der Waals surface area contributed by atoms with Gasteiger partial charge < -0.3 is 10.4 Å². The Balaban J connectivity index is 1.89. The number of hydrogen-bond acceptors (Lipinski definition) is 5. The number of aliphatic hydroxyl groups excluding tert-OH is 1. The minimum absolute atomic E-state index is 0.112. The second kappa shape index (κ2) is 4.88. The largest absolute Gasteiger partial charge is 0.396 e. The van der Waals surface area contributed by atoms with Crippen molar-refractivity contribution in [3.63, 3.8) is 0 Å². The second-order valence-electron chi connectivity index (χ2n) is 4.34. The van der Waals surface area contributed by atoms with E-state index in [-0.39, 0.29) is 17.9 Å². The maximum Gasteiger partial charge on any atom is 0.272 e. The molecule has 1 fully saturated rings. The number of rotatable bonds is 4. The minimum Gasteiger partial charge on any atom is -0.396 e. The summed E-state index contributed by atoms with van der Waals surface area (Å²) >= 11 is 1.16. The molecule has 5 nitrogen and oxygen atoms in total. The van der Waals surface area contributed by atoms with Crippen molar-refractivity contribution in [3.8, 4) is 0 Å². The molecule has 1 aromatic heterocycles. The number of aromatic nitrogens is 2. The van der Waals surface area contributed by atoms with Crippen LogP contribution in [0.1, 0.15) is 36.2 Å². The van der Waals surface area contributed by atoms with Crippen LogP contribution in [0.4, 0.5) is 0 Å². The van der Waals surface area contributed by atoms with E-state index in [0.717, 1.165) is 37.2 Å². The van der Waals surface area contributed by atoms with Gasteiger partial charge in [0.15, 0.2) is 5.69 Å². The molecule has 0 radical (unpaired) electrons. The number of aliphatic hydroxyl groups is 1. The molecule has 1 heterocycles. The molecule has 1 saturated carbocycles. The Bertz CT molecular complexity index is 347. The zero-order valence-corrected chi connectivity index (χ0v) is 9.79. The van der Waals surface area contributed by atoms with Crippen LogP contribution in [0.5, 0.6) is 0 Å². The number of nitrogens with zero attached hydrogens (tertiary/aromatic N) is 2. The standard InChI is InChI=1S/C10H15N3O2S/c14-7-10(3-1-2-4-10)6-11-9(15)8-5-16-13-12-8/h5,14H,1-4,6-7H2,(H,11,15).